The third-order valence-electron chi connectivity index (χ3n) is 7.18. The Morgan fingerprint density at radius 3 is 2.37 bits per heavy atom. The van der Waals surface area contributed by atoms with Crippen molar-refractivity contribution >= 4 is 32.5 Å². The van der Waals surface area contributed by atoms with Crippen molar-refractivity contribution in [2.75, 3.05) is 26.7 Å². The highest BCUT2D eigenvalue weighted by molar-refractivity contribution is 7.90. The minimum atomic E-state index is -3.77. The summed E-state index contributed by atoms with van der Waals surface area (Å²) in [7, 11) is -2.43. The lowest BCUT2D eigenvalue weighted by molar-refractivity contribution is 0.0601. The average molecular weight is 529 g/mol. The van der Waals surface area contributed by atoms with E-state index < -0.39 is 16.0 Å². The van der Waals surface area contributed by atoms with E-state index in [0.29, 0.717) is 11.1 Å². The Morgan fingerprint density at radius 2 is 1.68 bits per heavy atom. The fourth-order valence-corrected chi connectivity index (χ4v) is 6.51. The smallest absolute Gasteiger partial charge is 0.337 e. The molecule has 0 unspecified atom stereocenters. The fourth-order valence-electron chi connectivity index (χ4n) is 5.09. The van der Waals surface area contributed by atoms with Crippen molar-refractivity contribution in [1.29, 1.82) is 0 Å². The summed E-state index contributed by atoms with van der Waals surface area (Å²) < 4.78 is 33.2. The maximum atomic E-state index is 13.5. The second-order valence-electron chi connectivity index (χ2n) is 9.59. The lowest BCUT2D eigenvalue weighted by atomic mass is 9.99. The number of esters is 1. The lowest BCUT2D eigenvalue weighted by Crippen LogP contribution is -2.29. The van der Waals surface area contributed by atoms with Crippen molar-refractivity contribution in [3.8, 4) is 0 Å². The summed E-state index contributed by atoms with van der Waals surface area (Å²) in [5.41, 5.74) is 4.60. The number of hydrogen-bond donors (Lipinski definition) is 0. The number of fused-ring (bicyclic) bond motifs is 1. The third-order valence-corrected chi connectivity index (χ3v) is 8.87. The highest BCUT2D eigenvalue weighted by atomic mass is 32.2. The van der Waals surface area contributed by atoms with E-state index in [-0.39, 0.29) is 4.90 Å². The second-order valence-corrected chi connectivity index (χ2v) is 11.4. The molecule has 4 aromatic rings. The minimum absolute atomic E-state index is 0.230. The van der Waals surface area contributed by atoms with Crippen molar-refractivity contribution in [3.63, 3.8) is 0 Å². The van der Waals surface area contributed by atoms with Gasteiger partial charge in [0.15, 0.2) is 0 Å². The molecule has 1 aliphatic heterocycles. The number of aryl methyl sites for hydroxylation is 1. The van der Waals surface area contributed by atoms with E-state index in [2.05, 4.69) is 35.2 Å². The largest absolute Gasteiger partial charge is 0.465 e. The van der Waals surface area contributed by atoms with E-state index in [4.69, 9.17) is 4.74 Å². The second kappa shape index (κ2) is 11.4. The monoisotopic (exact) mass is 528 g/mol. The molecule has 196 valence electrons. The first-order valence-electron chi connectivity index (χ1n) is 13.0. The molecule has 38 heavy (non-hydrogen) atoms. The zero-order valence-corrected chi connectivity index (χ0v) is 22.4. The van der Waals surface area contributed by atoms with Crippen LogP contribution in [0.1, 0.15) is 40.7 Å². The number of aromatic nitrogens is 1. The molecule has 5 rings (SSSR count). The van der Waals surface area contributed by atoms with Gasteiger partial charge in [-0.15, -0.1) is 0 Å². The van der Waals surface area contributed by atoms with Crippen LogP contribution < -0.4 is 0 Å². The molecule has 1 aliphatic rings. The standard InChI is InChI=1S/C31H32N2O4S/c1-37-31(34)26-15-16-30-29(22-26)27(23-33(30)38(35,36)28-13-6-3-7-14-28)12-8-9-19-32-20-17-25(18-21-32)24-10-4-2-5-11-24/h2-7,10-11,13-17,22-23H,8-9,12,18-21H2,1H3. The first-order chi connectivity index (χ1) is 18.5. The summed E-state index contributed by atoms with van der Waals surface area (Å²) in [4.78, 5) is 14.9. The zero-order chi connectivity index (χ0) is 26.5. The molecule has 0 bridgehead atoms. The van der Waals surface area contributed by atoms with Crippen LogP contribution in [0.15, 0.2) is 96.0 Å². The van der Waals surface area contributed by atoms with Gasteiger partial charge in [-0.1, -0.05) is 54.6 Å². The van der Waals surface area contributed by atoms with Crippen molar-refractivity contribution < 1.29 is 17.9 Å². The van der Waals surface area contributed by atoms with E-state index in [1.165, 1.54) is 22.2 Å². The predicted molar refractivity (Wildman–Crippen MR) is 151 cm³/mol. The summed E-state index contributed by atoms with van der Waals surface area (Å²) >= 11 is 0. The Bertz CT molecular complexity index is 1560. The van der Waals surface area contributed by atoms with Gasteiger partial charge in [0.1, 0.15) is 0 Å². The SMILES string of the molecule is COC(=O)c1ccc2c(c1)c(CCCCN1CC=C(c3ccccc3)CC1)cn2S(=O)(=O)c1ccccc1. The summed E-state index contributed by atoms with van der Waals surface area (Å²) in [5, 5.41) is 0.765. The Hall–Kier alpha value is -3.68. The molecule has 0 aliphatic carbocycles. The Morgan fingerprint density at radius 1 is 0.947 bits per heavy atom. The van der Waals surface area contributed by atoms with Gasteiger partial charge in [-0.2, -0.15) is 0 Å². The van der Waals surface area contributed by atoms with Crippen LogP contribution in [-0.4, -0.2) is 50.0 Å². The molecule has 0 spiro atoms. The van der Waals surface area contributed by atoms with Gasteiger partial charge in [-0.3, -0.25) is 4.90 Å². The molecule has 0 N–H and O–H groups in total. The van der Waals surface area contributed by atoms with E-state index in [9.17, 15) is 13.2 Å². The molecule has 0 amide bonds. The summed E-state index contributed by atoms with van der Waals surface area (Å²) in [5.74, 6) is -0.440. The van der Waals surface area contributed by atoms with Gasteiger partial charge >= 0.3 is 5.97 Å². The molecular weight excluding hydrogens is 496 g/mol. The molecule has 0 fully saturated rings. The maximum absolute atomic E-state index is 13.5. The summed E-state index contributed by atoms with van der Waals surface area (Å²) in [6.07, 6.45) is 7.73. The number of carbonyl (C=O) groups excluding carboxylic acids is 1. The normalized spacial score (nSPS) is 14.4. The van der Waals surface area contributed by atoms with Crippen LogP contribution in [0, 0.1) is 0 Å². The number of hydrogen-bond acceptors (Lipinski definition) is 5. The van der Waals surface area contributed by atoms with Crippen LogP contribution in [0.4, 0.5) is 0 Å². The Labute approximate surface area is 224 Å². The predicted octanol–water partition coefficient (Wildman–Crippen LogP) is 5.78. The lowest BCUT2D eigenvalue weighted by Gasteiger charge is -2.26. The number of rotatable bonds is 9. The van der Waals surface area contributed by atoms with Crippen molar-refractivity contribution in [2.24, 2.45) is 0 Å². The van der Waals surface area contributed by atoms with Gasteiger partial charge in [0, 0.05) is 24.7 Å². The maximum Gasteiger partial charge on any atom is 0.337 e. The van der Waals surface area contributed by atoms with Crippen LogP contribution in [0.25, 0.3) is 16.5 Å². The summed E-state index contributed by atoms with van der Waals surface area (Å²) in [6.45, 7) is 2.98. The van der Waals surface area contributed by atoms with Crippen molar-refractivity contribution in [2.45, 2.75) is 30.6 Å². The van der Waals surface area contributed by atoms with E-state index in [1.807, 2.05) is 6.07 Å². The molecule has 0 saturated carbocycles. The Kier molecular flexibility index (Phi) is 7.77. The van der Waals surface area contributed by atoms with E-state index in [1.54, 1.807) is 54.7 Å². The third kappa shape index (κ3) is 5.44. The number of ether oxygens (including phenoxy) is 1. The number of nitrogens with zero attached hydrogens (tertiary/aromatic N) is 2. The van der Waals surface area contributed by atoms with E-state index >= 15 is 0 Å². The fraction of sp³-hybridized carbons (Fsp3) is 0.258. The van der Waals surface area contributed by atoms with E-state index in [0.717, 1.165) is 56.3 Å². The quantitative estimate of drug-likeness (QED) is 0.204. The van der Waals surface area contributed by atoms with Crippen LogP contribution in [0.2, 0.25) is 0 Å². The first kappa shape index (κ1) is 25.9. The molecule has 0 saturated heterocycles. The number of carbonyl (C=O) groups is 1. The highest BCUT2D eigenvalue weighted by Gasteiger charge is 2.22. The topological polar surface area (TPSA) is 68.6 Å². The van der Waals surface area contributed by atoms with Gasteiger partial charge in [0.25, 0.3) is 10.0 Å². The molecular formula is C31H32N2O4S. The van der Waals surface area contributed by atoms with Crippen molar-refractivity contribution in [1.82, 2.24) is 8.87 Å². The molecule has 3 aromatic carbocycles. The van der Waals surface area contributed by atoms with Crippen LogP contribution >= 0.6 is 0 Å². The average Bonchev–Trinajstić information content (AvgIpc) is 3.35. The number of unbranched alkanes of at least 4 members (excludes halogenated alkanes) is 1. The van der Waals surface area contributed by atoms with Gasteiger partial charge in [0.2, 0.25) is 0 Å². The van der Waals surface area contributed by atoms with Gasteiger partial charge < -0.3 is 4.74 Å². The van der Waals surface area contributed by atoms with Crippen molar-refractivity contribution in [3.05, 3.63) is 108 Å². The Balaban J connectivity index is 1.31. The van der Waals surface area contributed by atoms with Crippen LogP contribution in [-0.2, 0) is 21.2 Å². The zero-order valence-electron chi connectivity index (χ0n) is 21.5. The molecule has 7 heteroatoms. The number of benzene rings is 3. The van der Waals surface area contributed by atoms with Gasteiger partial charge in [-0.25, -0.2) is 17.2 Å². The summed E-state index contributed by atoms with van der Waals surface area (Å²) in [6, 6.07) is 24.0. The van der Waals surface area contributed by atoms with Crippen LogP contribution in [0.5, 0.6) is 0 Å². The molecule has 2 heterocycles. The molecule has 0 atom stereocenters. The highest BCUT2D eigenvalue weighted by Crippen LogP contribution is 2.29. The molecule has 6 nitrogen and oxygen atoms in total. The number of methoxy groups -OCH3 is 1. The molecule has 0 radical (unpaired) electrons. The van der Waals surface area contributed by atoms with Gasteiger partial charge in [-0.05, 0) is 79.3 Å². The minimum Gasteiger partial charge on any atom is -0.465 e. The van der Waals surface area contributed by atoms with Gasteiger partial charge in [0.05, 0.1) is 23.1 Å². The molecule has 1 aromatic heterocycles. The first-order valence-corrected chi connectivity index (χ1v) is 14.4. The van der Waals surface area contributed by atoms with Crippen LogP contribution in [0.3, 0.4) is 0 Å².